The molecule has 4 nitrogen and oxygen atoms in total. The van der Waals surface area contributed by atoms with Crippen LogP contribution in [-0.2, 0) is 21.7 Å². The molecule has 0 atom stereocenters. The molecule has 592 valence electrons. The predicted molar refractivity (Wildman–Crippen MR) is 522 cm³/mol. The summed E-state index contributed by atoms with van der Waals surface area (Å²) in [5.41, 5.74) is 48.0. The van der Waals surface area contributed by atoms with E-state index >= 15 is 0 Å². The van der Waals surface area contributed by atoms with Gasteiger partial charge in [0.2, 0.25) is 0 Å². The van der Waals surface area contributed by atoms with Gasteiger partial charge in [0.05, 0.1) is 21.9 Å². The van der Waals surface area contributed by atoms with Crippen molar-refractivity contribution in [1.82, 2.24) is 4.57 Å². The first-order valence-electron chi connectivity index (χ1n) is 44.2. The van der Waals surface area contributed by atoms with Crippen LogP contribution in [0.15, 0.2) is 435 Å². The van der Waals surface area contributed by atoms with Gasteiger partial charge < -0.3 is 18.8 Å². The van der Waals surface area contributed by atoms with Gasteiger partial charge in [-0.2, -0.15) is 0 Å². The summed E-state index contributed by atoms with van der Waals surface area (Å²) >= 11 is 0. The Bertz CT molecular complexity index is 8080. The number of aromatic nitrogens is 1. The topological polar surface area (TPSA) is 24.6 Å². The van der Waals surface area contributed by atoms with Crippen LogP contribution in [0.5, 0.6) is 0 Å². The Balaban J connectivity index is 0.000000135. The van der Waals surface area contributed by atoms with Gasteiger partial charge in [-0.3, -0.25) is 0 Å². The Labute approximate surface area is 733 Å². The molecule has 0 saturated carbocycles. The summed E-state index contributed by atoms with van der Waals surface area (Å²) in [5.74, 6) is 0. The van der Waals surface area contributed by atoms with Gasteiger partial charge in [0.25, 0.3) is 0 Å². The van der Waals surface area contributed by atoms with E-state index in [1.54, 1.807) is 0 Å². The number of hydrogen-bond acceptors (Lipinski definition) is 3. The van der Waals surface area contributed by atoms with Crippen molar-refractivity contribution in [2.24, 2.45) is 0 Å². The Morgan fingerprint density at radius 2 is 0.516 bits per heavy atom. The first kappa shape index (κ1) is 72.1. The lowest BCUT2D eigenvalue weighted by Crippen LogP contribution is -2.25. The fourth-order valence-electron chi connectivity index (χ4n) is 23.7. The smallest absolute Gasteiger partial charge is 0.137 e. The number of anilines is 6. The van der Waals surface area contributed by atoms with Gasteiger partial charge in [-0.25, -0.2) is 0 Å². The fraction of sp³-hybridized carbons (Fsp3) is 0.0656. The minimum Gasteiger partial charge on any atom is -0.456 e. The van der Waals surface area contributed by atoms with Crippen molar-refractivity contribution in [2.45, 2.75) is 49.4 Å². The number of nitrogens with zero attached hydrogens (tertiary/aromatic N) is 3. The summed E-state index contributed by atoms with van der Waals surface area (Å²) in [6.45, 7) is 9.44. The zero-order valence-corrected chi connectivity index (χ0v) is 70.2. The van der Waals surface area contributed by atoms with E-state index < -0.39 is 0 Å². The summed E-state index contributed by atoms with van der Waals surface area (Å²) in [4.78, 5) is 4.85. The maximum Gasteiger partial charge on any atom is 0.137 e. The Hall–Kier alpha value is -15.6. The molecule has 6 aliphatic rings. The van der Waals surface area contributed by atoms with E-state index in [9.17, 15) is 0 Å². The highest BCUT2D eigenvalue weighted by Crippen LogP contribution is 2.67. The van der Waals surface area contributed by atoms with E-state index in [-0.39, 0.29) is 21.7 Å². The van der Waals surface area contributed by atoms with Crippen LogP contribution < -0.4 is 9.80 Å². The molecule has 0 aliphatic heterocycles. The Kier molecular flexibility index (Phi) is 15.4. The summed E-state index contributed by atoms with van der Waals surface area (Å²) < 4.78 is 8.86. The molecule has 0 unspecified atom stereocenters. The minimum atomic E-state index is -0.380. The average Bonchev–Trinajstić information content (AvgIpc) is 1.51. The van der Waals surface area contributed by atoms with Crippen molar-refractivity contribution in [2.75, 3.05) is 9.80 Å². The van der Waals surface area contributed by atoms with Gasteiger partial charge >= 0.3 is 0 Å². The van der Waals surface area contributed by atoms with E-state index in [1.165, 1.54) is 178 Å². The molecule has 0 bridgehead atoms. The highest BCUT2D eigenvalue weighted by Gasteiger charge is 2.54. The third kappa shape index (κ3) is 9.95. The molecular formula is C122H83N3O. The van der Waals surface area contributed by atoms with E-state index in [1.807, 2.05) is 6.07 Å². The molecule has 27 rings (SSSR count). The second-order valence-electron chi connectivity index (χ2n) is 36.0. The normalized spacial score (nSPS) is 14.3. The first-order chi connectivity index (χ1) is 62.0. The number of benzene rings is 19. The quantitative estimate of drug-likeness (QED) is 0.144. The molecule has 21 aromatic rings. The van der Waals surface area contributed by atoms with E-state index in [0.717, 1.165) is 61.8 Å². The number of para-hydroxylation sites is 3. The standard InChI is InChI=1S/C64H44N2.C58H39NO/c1-63(2)54-25-11-6-19-47(54)50-37-35-45(40-59(50)63)65(44-36-38-61-53(39-44)51-22-10-15-30-60(51)66(61)42-17-4-3-5-18-42)43-33-31-41(32-34-43)46-24-16-29-58-62(46)52-23-9-14-28-57(52)64(58)55-26-12-7-20-48(55)49-21-8-13-27-56(49)64;1-57(2)48-20-8-3-14-41(48)44-32-30-38(34-53(44)57)59(39-31-33-46-45-17-7-12-25-54(45)60-55(46)35-39)37-28-26-36(27-29-37)40-19-13-24-52-56(40)47-18-6-11-23-51(47)58(52)49-21-9-4-15-42(49)43-16-5-10-22-50(43)58/h3-40H,1-2H3;3-35H,1-2H3. The Morgan fingerprint density at radius 1 is 0.198 bits per heavy atom. The van der Waals surface area contributed by atoms with E-state index in [2.05, 4.69) is 467 Å². The van der Waals surface area contributed by atoms with Crippen molar-refractivity contribution in [1.29, 1.82) is 0 Å². The van der Waals surface area contributed by atoms with Crippen LogP contribution in [0, 0.1) is 0 Å². The molecule has 0 amide bonds. The van der Waals surface area contributed by atoms with Gasteiger partial charge in [-0.1, -0.05) is 349 Å². The summed E-state index contributed by atoms with van der Waals surface area (Å²) in [7, 11) is 0. The third-order valence-corrected chi connectivity index (χ3v) is 29.1. The van der Waals surface area contributed by atoms with Gasteiger partial charge in [0, 0.05) is 78.3 Å². The number of furan rings is 1. The van der Waals surface area contributed by atoms with Gasteiger partial charge in [0.15, 0.2) is 0 Å². The molecule has 0 radical (unpaired) electrons. The van der Waals surface area contributed by atoms with Crippen LogP contribution in [0.25, 0.3) is 138 Å². The van der Waals surface area contributed by atoms with Crippen LogP contribution in [-0.4, -0.2) is 4.57 Å². The molecule has 4 heteroatoms. The second kappa shape index (κ2) is 26.9. The zero-order valence-electron chi connectivity index (χ0n) is 70.2. The van der Waals surface area contributed by atoms with Crippen LogP contribution in [0.1, 0.15) is 94.5 Å². The molecular weight excluding hydrogens is 1520 g/mol. The molecule has 2 aromatic heterocycles. The molecule has 2 heterocycles. The zero-order chi connectivity index (χ0) is 83.5. The lowest BCUT2D eigenvalue weighted by molar-refractivity contribution is 0.660. The monoisotopic (exact) mass is 1610 g/mol. The molecule has 0 N–H and O–H groups in total. The maximum absolute atomic E-state index is 6.47. The average molecular weight is 1610 g/mol. The third-order valence-electron chi connectivity index (χ3n) is 29.1. The van der Waals surface area contributed by atoms with Crippen LogP contribution >= 0.6 is 0 Å². The molecule has 0 saturated heterocycles. The lowest BCUT2D eigenvalue weighted by Gasteiger charge is -2.30. The summed E-state index contributed by atoms with van der Waals surface area (Å²) in [6.07, 6.45) is 0. The fourth-order valence-corrected chi connectivity index (χ4v) is 23.7. The van der Waals surface area contributed by atoms with Crippen molar-refractivity contribution in [3.8, 4) is 94.7 Å². The molecule has 2 spiro atoms. The molecule has 0 fully saturated rings. The lowest BCUT2D eigenvalue weighted by atomic mass is 9.70. The first-order valence-corrected chi connectivity index (χ1v) is 44.2. The second-order valence-corrected chi connectivity index (χ2v) is 36.0. The SMILES string of the molecule is CC1(C)c2ccccc2-c2ccc(N(c3ccc(-c4cccc5c4-c4ccccc4C54c5ccccc5-c5ccccc54)cc3)c3ccc4c(c3)c3ccccc3n4-c3ccccc3)cc21.CC1(C)c2ccccc2-c2ccc(N(c3ccc(-c4cccc5c4-c4ccccc4C54c5ccccc5-c5ccccc54)cc3)c3ccc4c(c3)oc3ccccc34)cc21. The number of rotatable bonds is 9. The predicted octanol–water partition coefficient (Wildman–Crippen LogP) is 31.9. The van der Waals surface area contributed by atoms with E-state index in [0.29, 0.717) is 0 Å². The van der Waals surface area contributed by atoms with Crippen LogP contribution in [0.2, 0.25) is 0 Å². The Morgan fingerprint density at radius 3 is 0.992 bits per heavy atom. The van der Waals surface area contributed by atoms with Gasteiger partial charge in [0.1, 0.15) is 11.2 Å². The van der Waals surface area contributed by atoms with Gasteiger partial charge in [-0.05, 0) is 259 Å². The van der Waals surface area contributed by atoms with Crippen LogP contribution in [0.3, 0.4) is 0 Å². The van der Waals surface area contributed by atoms with Crippen LogP contribution in [0.4, 0.5) is 34.1 Å². The highest BCUT2D eigenvalue weighted by atomic mass is 16.3. The van der Waals surface area contributed by atoms with Crippen molar-refractivity contribution in [3.05, 3.63) is 497 Å². The molecule has 126 heavy (non-hydrogen) atoms. The van der Waals surface area contributed by atoms with Crippen molar-refractivity contribution < 1.29 is 4.42 Å². The molecule has 19 aromatic carbocycles. The number of fused-ring (bicyclic) bond motifs is 32. The van der Waals surface area contributed by atoms with E-state index in [4.69, 9.17) is 4.42 Å². The highest BCUT2D eigenvalue weighted by molar-refractivity contribution is 6.12. The van der Waals surface area contributed by atoms with Crippen molar-refractivity contribution in [3.63, 3.8) is 0 Å². The maximum atomic E-state index is 6.47. The minimum absolute atomic E-state index is 0.123. The molecule has 6 aliphatic carbocycles. The number of hydrogen-bond donors (Lipinski definition) is 0. The van der Waals surface area contributed by atoms with Gasteiger partial charge in [-0.15, -0.1) is 0 Å². The van der Waals surface area contributed by atoms with Crippen molar-refractivity contribution >= 4 is 77.9 Å². The summed E-state index contributed by atoms with van der Waals surface area (Å²) in [5, 5.41) is 4.72. The largest absolute Gasteiger partial charge is 0.456 e. The summed E-state index contributed by atoms with van der Waals surface area (Å²) in [6, 6.07) is 160.